The predicted octanol–water partition coefficient (Wildman–Crippen LogP) is 3.42. The highest BCUT2D eigenvalue weighted by Crippen LogP contribution is 2.35. The van der Waals surface area contributed by atoms with E-state index in [0.717, 1.165) is 10.9 Å². The third-order valence-corrected chi connectivity index (χ3v) is 5.15. The predicted molar refractivity (Wildman–Crippen MR) is 112 cm³/mol. The van der Waals surface area contributed by atoms with E-state index < -0.39 is 0 Å². The largest absolute Gasteiger partial charge is 0.495 e. The standard InChI is InChI=1S/C18H20N4O4S.ClH/c1-9-14-17(26-4)21-13(8-24-2)22-18(14)27-15(9)16(23)20-10-5-6-12(25-3)11(19)7-10;/h5-7H,8,19H2,1-4H3,(H,20,23);1H. The molecule has 0 bridgehead atoms. The van der Waals surface area contributed by atoms with Gasteiger partial charge >= 0.3 is 0 Å². The van der Waals surface area contributed by atoms with Gasteiger partial charge in [-0.2, -0.15) is 4.98 Å². The Morgan fingerprint density at radius 1 is 1.21 bits per heavy atom. The van der Waals surface area contributed by atoms with E-state index in [2.05, 4.69) is 15.3 Å². The van der Waals surface area contributed by atoms with Crippen LogP contribution in [-0.2, 0) is 11.3 Å². The van der Waals surface area contributed by atoms with Crippen molar-refractivity contribution >= 4 is 51.2 Å². The fraction of sp³-hybridized carbons (Fsp3) is 0.278. The highest BCUT2D eigenvalue weighted by Gasteiger charge is 2.21. The molecule has 0 aliphatic carbocycles. The summed E-state index contributed by atoms with van der Waals surface area (Å²) in [7, 11) is 4.64. The molecule has 0 atom stereocenters. The van der Waals surface area contributed by atoms with Gasteiger partial charge in [0.2, 0.25) is 5.88 Å². The minimum absolute atomic E-state index is 0. The van der Waals surface area contributed by atoms with Gasteiger partial charge in [0, 0.05) is 12.8 Å². The fourth-order valence-corrected chi connectivity index (χ4v) is 3.79. The molecule has 3 aromatic rings. The van der Waals surface area contributed by atoms with Crippen LogP contribution in [0, 0.1) is 6.92 Å². The van der Waals surface area contributed by atoms with Gasteiger partial charge in [0.1, 0.15) is 17.2 Å². The van der Waals surface area contributed by atoms with E-state index in [-0.39, 0.29) is 24.9 Å². The molecule has 8 nitrogen and oxygen atoms in total. The van der Waals surface area contributed by atoms with E-state index in [1.54, 1.807) is 25.3 Å². The lowest BCUT2D eigenvalue weighted by molar-refractivity contribution is 0.103. The molecule has 28 heavy (non-hydrogen) atoms. The smallest absolute Gasteiger partial charge is 0.266 e. The summed E-state index contributed by atoms with van der Waals surface area (Å²) < 4.78 is 15.6. The summed E-state index contributed by atoms with van der Waals surface area (Å²) >= 11 is 1.28. The van der Waals surface area contributed by atoms with Crippen LogP contribution in [0.4, 0.5) is 11.4 Å². The molecular formula is C18H21ClN4O4S. The second kappa shape index (κ2) is 9.05. The molecule has 10 heteroatoms. The molecule has 2 heterocycles. The monoisotopic (exact) mass is 424 g/mol. The van der Waals surface area contributed by atoms with Crippen molar-refractivity contribution in [2.24, 2.45) is 0 Å². The second-order valence-corrected chi connectivity index (χ2v) is 6.73. The summed E-state index contributed by atoms with van der Waals surface area (Å²) in [6, 6.07) is 5.08. The molecular weight excluding hydrogens is 404 g/mol. The summed E-state index contributed by atoms with van der Waals surface area (Å²) in [5.74, 6) is 1.22. The molecule has 0 saturated carbocycles. The van der Waals surface area contributed by atoms with E-state index in [9.17, 15) is 4.79 Å². The third kappa shape index (κ3) is 4.11. The number of nitrogen functional groups attached to an aromatic ring is 1. The minimum atomic E-state index is -0.254. The van der Waals surface area contributed by atoms with E-state index in [0.29, 0.717) is 38.5 Å². The van der Waals surface area contributed by atoms with E-state index in [1.807, 2.05) is 6.92 Å². The van der Waals surface area contributed by atoms with Crippen molar-refractivity contribution in [3.63, 3.8) is 0 Å². The molecule has 3 rings (SSSR count). The van der Waals surface area contributed by atoms with Crippen molar-refractivity contribution in [2.45, 2.75) is 13.5 Å². The number of carbonyl (C=O) groups is 1. The molecule has 0 fully saturated rings. The van der Waals surface area contributed by atoms with Gasteiger partial charge in [-0.05, 0) is 30.7 Å². The maximum absolute atomic E-state index is 12.8. The Morgan fingerprint density at radius 3 is 2.57 bits per heavy atom. The van der Waals surface area contributed by atoms with Crippen LogP contribution in [-0.4, -0.2) is 37.2 Å². The number of methoxy groups -OCH3 is 3. The van der Waals surface area contributed by atoms with Gasteiger partial charge < -0.3 is 25.3 Å². The second-order valence-electron chi connectivity index (χ2n) is 5.73. The number of ether oxygens (including phenoxy) is 3. The zero-order valence-electron chi connectivity index (χ0n) is 15.9. The highest BCUT2D eigenvalue weighted by atomic mass is 35.5. The lowest BCUT2D eigenvalue weighted by Gasteiger charge is -2.08. The number of halogens is 1. The first-order chi connectivity index (χ1) is 13.0. The topological polar surface area (TPSA) is 109 Å². The minimum Gasteiger partial charge on any atom is -0.495 e. The molecule has 0 spiro atoms. The quantitative estimate of drug-likeness (QED) is 0.583. The number of hydrogen-bond donors (Lipinski definition) is 2. The van der Waals surface area contributed by atoms with Crippen LogP contribution >= 0.6 is 23.7 Å². The summed E-state index contributed by atoms with van der Waals surface area (Å²) in [6.07, 6.45) is 0. The summed E-state index contributed by atoms with van der Waals surface area (Å²) in [5, 5.41) is 3.58. The Morgan fingerprint density at radius 2 is 1.96 bits per heavy atom. The van der Waals surface area contributed by atoms with Gasteiger partial charge in [-0.1, -0.05) is 0 Å². The SMILES string of the molecule is COCc1nc(OC)c2c(C)c(C(=O)Nc3ccc(OC)c(N)c3)sc2n1.Cl. The third-order valence-electron chi connectivity index (χ3n) is 3.96. The molecule has 0 radical (unpaired) electrons. The number of nitrogens with one attached hydrogen (secondary N) is 1. The zero-order chi connectivity index (χ0) is 19.6. The van der Waals surface area contributed by atoms with Gasteiger partial charge in [-0.3, -0.25) is 4.79 Å². The number of nitrogens with two attached hydrogens (primary N) is 1. The Bertz CT molecular complexity index is 1010. The zero-order valence-corrected chi connectivity index (χ0v) is 17.5. The summed E-state index contributed by atoms with van der Waals surface area (Å²) in [6.45, 7) is 2.11. The van der Waals surface area contributed by atoms with Crippen LogP contribution in [0.5, 0.6) is 11.6 Å². The van der Waals surface area contributed by atoms with E-state index in [1.165, 1.54) is 25.6 Å². The maximum atomic E-state index is 12.8. The Kier molecular flexibility index (Phi) is 7.00. The van der Waals surface area contributed by atoms with Gasteiger partial charge in [0.15, 0.2) is 5.82 Å². The number of rotatable bonds is 6. The first-order valence-electron chi connectivity index (χ1n) is 8.06. The number of benzene rings is 1. The molecule has 0 saturated heterocycles. The first kappa shape index (κ1) is 21.7. The summed E-state index contributed by atoms with van der Waals surface area (Å²) in [4.78, 5) is 22.8. The summed E-state index contributed by atoms with van der Waals surface area (Å²) in [5.41, 5.74) is 7.68. The first-order valence-corrected chi connectivity index (χ1v) is 8.88. The van der Waals surface area contributed by atoms with Gasteiger partial charge in [0.05, 0.1) is 30.2 Å². The maximum Gasteiger partial charge on any atom is 0.266 e. The Labute approximate surface area is 172 Å². The van der Waals surface area contributed by atoms with Crippen LogP contribution in [0.15, 0.2) is 18.2 Å². The lowest BCUT2D eigenvalue weighted by Crippen LogP contribution is -2.11. The van der Waals surface area contributed by atoms with E-state index >= 15 is 0 Å². The number of anilines is 2. The number of aromatic nitrogens is 2. The number of nitrogens with zero attached hydrogens (tertiary/aromatic N) is 2. The average Bonchev–Trinajstić information content (AvgIpc) is 2.98. The van der Waals surface area contributed by atoms with Crippen LogP contribution in [0.1, 0.15) is 21.1 Å². The van der Waals surface area contributed by atoms with E-state index in [4.69, 9.17) is 19.9 Å². The fourth-order valence-electron chi connectivity index (χ4n) is 2.70. The Balaban J connectivity index is 0.00000280. The molecule has 0 unspecified atom stereocenters. The highest BCUT2D eigenvalue weighted by molar-refractivity contribution is 7.20. The van der Waals surface area contributed by atoms with Crippen molar-refractivity contribution in [3.05, 3.63) is 34.5 Å². The lowest BCUT2D eigenvalue weighted by atomic mass is 10.2. The number of amides is 1. The molecule has 150 valence electrons. The molecule has 1 aromatic carbocycles. The number of carbonyl (C=O) groups excluding carboxylic acids is 1. The molecule has 0 aliphatic rings. The van der Waals surface area contributed by atoms with Crippen molar-refractivity contribution in [1.29, 1.82) is 0 Å². The normalized spacial score (nSPS) is 10.4. The van der Waals surface area contributed by atoms with Crippen molar-refractivity contribution in [2.75, 3.05) is 32.4 Å². The van der Waals surface area contributed by atoms with Gasteiger partial charge in [-0.25, -0.2) is 4.98 Å². The van der Waals surface area contributed by atoms with Crippen LogP contribution in [0.25, 0.3) is 10.2 Å². The molecule has 3 N–H and O–H groups in total. The number of thiophene rings is 1. The van der Waals surface area contributed by atoms with Gasteiger partial charge in [0.25, 0.3) is 5.91 Å². The van der Waals surface area contributed by atoms with Crippen molar-refractivity contribution in [1.82, 2.24) is 9.97 Å². The number of aryl methyl sites for hydroxylation is 1. The van der Waals surface area contributed by atoms with Crippen LogP contribution in [0.2, 0.25) is 0 Å². The van der Waals surface area contributed by atoms with Crippen molar-refractivity contribution < 1.29 is 19.0 Å². The average molecular weight is 425 g/mol. The van der Waals surface area contributed by atoms with Gasteiger partial charge in [-0.15, -0.1) is 23.7 Å². The van der Waals surface area contributed by atoms with Crippen LogP contribution < -0.4 is 20.5 Å². The van der Waals surface area contributed by atoms with Crippen molar-refractivity contribution in [3.8, 4) is 11.6 Å². The molecule has 0 aliphatic heterocycles. The molecule has 1 amide bonds. The number of hydrogen-bond acceptors (Lipinski definition) is 8. The molecule has 2 aromatic heterocycles. The number of fused-ring (bicyclic) bond motifs is 1. The van der Waals surface area contributed by atoms with Crippen LogP contribution in [0.3, 0.4) is 0 Å². The Hall–Kier alpha value is -2.62.